The molecule has 0 aromatic rings. The van der Waals surface area contributed by atoms with Crippen molar-refractivity contribution in [2.75, 3.05) is 0 Å². The van der Waals surface area contributed by atoms with E-state index in [0.717, 1.165) is 22.6 Å². The molecule has 1 aliphatic carbocycles. The third-order valence-corrected chi connectivity index (χ3v) is 16.3. The first kappa shape index (κ1) is 18.6. The molecule has 0 spiro atoms. The van der Waals surface area contributed by atoms with E-state index in [1.54, 1.807) is 44.9 Å². The second-order valence-electron chi connectivity index (χ2n) is 8.36. The van der Waals surface area contributed by atoms with Crippen LogP contribution in [0.4, 0.5) is 0 Å². The molecule has 2 aliphatic heterocycles. The van der Waals surface area contributed by atoms with Crippen molar-refractivity contribution in [3.05, 3.63) is 0 Å². The fourth-order valence-electron chi connectivity index (χ4n) is 6.32. The minimum atomic E-state index is 0.339. The van der Waals surface area contributed by atoms with E-state index >= 15 is 0 Å². The highest BCUT2D eigenvalue weighted by atomic mass is 31.1. The van der Waals surface area contributed by atoms with E-state index in [-0.39, 0.29) is 0 Å². The molecule has 0 aromatic carbocycles. The molecule has 23 heavy (non-hydrogen) atoms. The van der Waals surface area contributed by atoms with Crippen LogP contribution in [0.5, 0.6) is 0 Å². The first-order valence-electron chi connectivity index (χ1n) is 10.8. The average molecular weight is 354 g/mol. The van der Waals surface area contributed by atoms with Crippen molar-refractivity contribution in [3.63, 3.8) is 0 Å². The normalized spacial score (nSPS) is 42.8. The van der Waals surface area contributed by atoms with E-state index in [0.29, 0.717) is 15.8 Å². The Hall–Kier alpha value is 0.860. The van der Waals surface area contributed by atoms with Gasteiger partial charge in [-0.15, -0.1) is 0 Å². The summed E-state index contributed by atoms with van der Waals surface area (Å²) in [6.45, 7) is 9.97. The molecule has 0 radical (unpaired) electrons. The first-order chi connectivity index (χ1) is 11.2. The van der Waals surface area contributed by atoms with Gasteiger partial charge in [-0.05, 0) is 98.2 Å². The highest BCUT2D eigenvalue weighted by Crippen LogP contribution is 2.72. The summed E-state index contributed by atoms with van der Waals surface area (Å²) in [7, 11) is 0.679. The summed E-state index contributed by atoms with van der Waals surface area (Å²) in [5.74, 6) is 0. The van der Waals surface area contributed by atoms with E-state index < -0.39 is 0 Å². The summed E-state index contributed by atoms with van der Waals surface area (Å²) in [5, 5.41) is 0. The Morgan fingerprint density at radius 2 is 0.826 bits per heavy atom. The van der Waals surface area contributed by atoms with Crippen LogP contribution < -0.4 is 0 Å². The summed E-state index contributed by atoms with van der Waals surface area (Å²) in [6, 6.07) is 0. The van der Waals surface area contributed by atoms with Crippen molar-refractivity contribution < 1.29 is 0 Å². The maximum absolute atomic E-state index is 2.49. The lowest BCUT2D eigenvalue weighted by atomic mass is 10.1. The summed E-state index contributed by atoms with van der Waals surface area (Å²) in [5.41, 5.74) is 6.93. The highest BCUT2D eigenvalue weighted by Gasteiger charge is 2.49. The van der Waals surface area contributed by atoms with Crippen molar-refractivity contribution in [2.24, 2.45) is 0 Å². The lowest BCUT2D eigenvalue weighted by Crippen LogP contribution is -2.26. The summed E-state index contributed by atoms with van der Waals surface area (Å²) in [6.07, 6.45) is 17.1. The lowest BCUT2D eigenvalue weighted by molar-refractivity contribution is 0.696. The minimum Gasteiger partial charge on any atom is -0.0965 e. The largest absolute Gasteiger partial charge is 0.0965 e. The molecular weight excluding hydrogens is 314 g/mol. The van der Waals surface area contributed by atoms with Gasteiger partial charge in [-0.2, -0.15) is 0 Å². The Bertz CT molecular complexity index is 311. The fourth-order valence-corrected chi connectivity index (χ4v) is 16.1. The van der Waals surface area contributed by atoms with E-state index in [4.69, 9.17) is 0 Å². The third kappa shape index (κ3) is 3.56. The molecule has 2 heterocycles. The monoisotopic (exact) mass is 354 g/mol. The molecule has 134 valence electrons. The molecule has 3 rings (SSSR count). The van der Waals surface area contributed by atoms with Crippen LogP contribution in [0.15, 0.2) is 0 Å². The Balaban J connectivity index is 1.81. The standard InChI is InChI=1S/C21H40P2/c1-5-16-12-13-17(6-2)22(16)20-10-9-11-21(20)23-18(7-3)14-15-19(23)8-4/h16-21H,5-15H2,1-4H3/t16-,17-,18-,19-,20?,21?/m0/s1. The second-order valence-corrected chi connectivity index (χ2v) is 14.4. The van der Waals surface area contributed by atoms with Gasteiger partial charge >= 0.3 is 0 Å². The van der Waals surface area contributed by atoms with Gasteiger partial charge in [-0.25, -0.2) is 0 Å². The molecule has 0 amide bonds. The molecule has 1 saturated carbocycles. The van der Waals surface area contributed by atoms with Crippen LogP contribution >= 0.6 is 15.8 Å². The van der Waals surface area contributed by atoms with E-state index in [1.807, 2.05) is 0 Å². The van der Waals surface area contributed by atoms with Crippen molar-refractivity contribution in [1.82, 2.24) is 0 Å². The van der Waals surface area contributed by atoms with Crippen molar-refractivity contribution in [3.8, 4) is 0 Å². The molecule has 2 saturated heterocycles. The fraction of sp³-hybridized carbons (Fsp3) is 1.00. The molecule has 0 aromatic heterocycles. The summed E-state index contributed by atoms with van der Waals surface area (Å²) < 4.78 is 0. The number of hydrogen-bond donors (Lipinski definition) is 0. The zero-order valence-electron chi connectivity index (χ0n) is 16.1. The van der Waals surface area contributed by atoms with Gasteiger partial charge in [-0.3, -0.25) is 0 Å². The van der Waals surface area contributed by atoms with E-state index in [1.165, 1.54) is 37.0 Å². The zero-order chi connectivity index (χ0) is 16.4. The molecule has 6 atom stereocenters. The third-order valence-electron chi connectivity index (χ3n) is 7.45. The van der Waals surface area contributed by atoms with Crippen LogP contribution in [0.1, 0.15) is 98.3 Å². The van der Waals surface area contributed by atoms with Gasteiger partial charge in [0.25, 0.3) is 0 Å². The van der Waals surface area contributed by atoms with Gasteiger partial charge in [0.05, 0.1) is 0 Å². The Labute approximate surface area is 148 Å². The van der Waals surface area contributed by atoms with E-state index in [2.05, 4.69) is 27.7 Å². The van der Waals surface area contributed by atoms with Crippen LogP contribution in [-0.4, -0.2) is 34.0 Å². The van der Waals surface area contributed by atoms with Crippen LogP contribution in [0.2, 0.25) is 0 Å². The van der Waals surface area contributed by atoms with Gasteiger partial charge in [0.15, 0.2) is 0 Å². The minimum absolute atomic E-state index is 0.339. The first-order valence-corrected chi connectivity index (χ1v) is 13.9. The van der Waals surface area contributed by atoms with Gasteiger partial charge in [0.1, 0.15) is 0 Å². The molecule has 3 fully saturated rings. The SMILES string of the molecule is CC[C@H]1CC[C@H](CC)P1C1CCCC1P1[C@@H](CC)CC[C@@H]1CC. The van der Waals surface area contributed by atoms with E-state index in [9.17, 15) is 0 Å². The topological polar surface area (TPSA) is 0 Å². The summed E-state index contributed by atoms with van der Waals surface area (Å²) in [4.78, 5) is 0. The molecule has 0 bridgehead atoms. The predicted molar refractivity (Wildman–Crippen MR) is 110 cm³/mol. The molecular formula is C21H40P2. The van der Waals surface area contributed by atoms with Gasteiger partial charge < -0.3 is 0 Å². The van der Waals surface area contributed by atoms with Crippen molar-refractivity contribution in [1.29, 1.82) is 0 Å². The maximum Gasteiger partial charge on any atom is -0.0136 e. The quantitative estimate of drug-likeness (QED) is 0.431. The average Bonchev–Trinajstić information content (AvgIpc) is 3.29. The molecule has 0 N–H and O–H groups in total. The molecule has 0 nitrogen and oxygen atoms in total. The Kier molecular flexibility index (Phi) is 6.89. The van der Waals surface area contributed by atoms with Crippen molar-refractivity contribution in [2.45, 2.75) is 132 Å². The smallest absolute Gasteiger partial charge is 0.0136 e. The molecule has 2 unspecified atom stereocenters. The maximum atomic E-state index is 2.49. The van der Waals surface area contributed by atoms with Gasteiger partial charge in [-0.1, -0.05) is 50.0 Å². The van der Waals surface area contributed by atoms with Crippen LogP contribution in [0, 0.1) is 0 Å². The highest BCUT2D eigenvalue weighted by molar-refractivity contribution is 7.64. The number of hydrogen-bond acceptors (Lipinski definition) is 0. The molecule has 3 aliphatic rings. The Morgan fingerprint density at radius 1 is 0.522 bits per heavy atom. The lowest BCUT2D eigenvalue weighted by Gasteiger charge is -2.40. The van der Waals surface area contributed by atoms with Crippen LogP contribution in [0.3, 0.4) is 0 Å². The van der Waals surface area contributed by atoms with Crippen LogP contribution in [0.25, 0.3) is 0 Å². The second kappa shape index (κ2) is 8.49. The van der Waals surface area contributed by atoms with Crippen molar-refractivity contribution >= 4 is 15.8 Å². The van der Waals surface area contributed by atoms with Crippen LogP contribution in [-0.2, 0) is 0 Å². The summed E-state index contributed by atoms with van der Waals surface area (Å²) >= 11 is 0. The van der Waals surface area contributed by atoms with Gasteiger partial charge in [0, 0.05) is 0 Å². The van der Waals surface area contributed by atoms with Gasteiger partial charge in [0.2, 0.25) is 0 Å². The predicted octanol–water partition coefficient (Wildman–Crippen LogP) is 7.57. The molecule has 2 heteroatoms. The number of rotatable bonds is 6. The Morgan fingerprint density at radius 3 is 1.09 bits per heavy atom. The zero-order valence-corrected chi connectivity index (χ0v) is 17.9.